The van der Waals surface area contributed by atoms with Crippen molar-refractivity contribution < 1.29 is 22.7 Å². The molecule has 0 saturated heterocycles. The second-order valence-electron chi connectivity index (χ2n) is 3.94. The van der Waals surface area contributed by atoms with Crippen molar-refractivity contribution in [2.75, 3.05) is 11.9 Å². The summed E-state index contributed by atoms with van der Waals surface area (Å²) in [6.07, 6.45) is -6.09. The van der Waals surface area contributed by atoms with Gasteiger partial charge in [0.1, 0.15) is 17.3 Å². The van der Waals surface area contributed by atoms with Crippen LogP contribution in [0.25, 0.3) is 0 Å². The summed E-state index contributed by atoms with van der Waals surface area (Å²) in [7, 11) is 0. The van der Waals surface area contributed by atoms with Gasteiger partial charge in [-0.2, -0.15) is 13.2 Å². The molecular formula is C12H13F3N2O2S. The van der Waals surface area contributed by atoms with Gasteiger partial charge in [-0.05, 0) is 24.3 Å². The first kappa shape index (κ1) is 16.2. The van der Waals surface area contributed by atoms with Crippen molar-refractivity contribution in [3.05, 3.63) is 24.3 Å². The van der Waals surface area contributed by atoms with E-state index in [1.165, 1.54) is 12.1 Å². The first-order valence-corrected chi connectivity index (χ1v) is 6.05. The highest BCUT2D eigenvalue weighted by atomic mass is 32.1. The highest BCUT2D eigenvalue weighted by molar-refractivity contribution is 7.80. The third-order valence-electron chi connectivity index (χ3n) is 2.15. The van der Waals surface area contributed by atoms with E-state index >= 15 is 0 Å². The predicted molar refractivity (Wildman–Crippen MR) is 72.6 cm³/mol. The first-order chi connectivity index (χ1) is 9.26. The van der Waals surface area contributed by atoms with Gasteiger partial charge in [-0.15, -0.1) is 0 Å². The van der Waals surface area contributed by atoms with Crippen molar-refractivity contribution in [2.45, 2.75) is 19.0 Å². The zero-order chi connectivity index (χ0) is 15.2. The number of nitrogens with two attached hydrogens (primary N) is 1. The lowest BCUT2D eigenvalue weighted by Gasteiger charge is -2.09. The minimum Gasteiger partial charge on any atom is -0.487 e. The van der Waals surface area contributed by atoms with Crippen molar-refractivity contribution >= 4 is 28.8 Å². The van der Waals surface area contributed by atoms with Gasteiger partial charge in [0.05, 0.1) is 6.42 Å². The number of benzene rings is 1. The summed E-state index contributed by atoms with van der Waals surface area (Å²) in [6, 6.07) is 6.13. The number of thiocarbonyl (C=S) groups is 1. The van der Waals surface area contributed by atoms with Crippen molar-refractivity contribution in [1.82, 2.24) is 0 Å². The maximum absolute atomic E-state index is 11.9. The second-order valence-corrected chi connectivity index (χ2v) is 4.47. The molecule has 1 aromatic rings. The van der Waals surface area contributed by atoms with Crippen LogP contribution in [0.1, 0.15) is 12.8 Å². The molecule has 20 heavy (non-hydrogen) atoms. The number of alkyl halides is 3. The van der Waals surface area contributed by atoms with E-state index in [1.807, 2.05) is 0 Å². The van der Waals surface area contributed by atoms with Crippen LogP contribution in [0, 0.1) is 0 Å². The number of nitrogens with one attached hydrogen (secondary N) is 1. The Morgan fingerprint density at radius 3 is 2.40 bits per heavy atom. The number of halogens is 3. The molecule has 0 saturated carbocycles. The summed E-state index contributed by atoms with van der Waals surface area (Å²) in [5.41, 5.74) is 5.65. The summed E-state index contributed by atoms with van der Waals surface area (Å²) in [4.78, 5) is 11.5. The fourth-order valence-corrected chi connectivity index (χ4v) is 1.33. The second kappa shape index (κ2) is 7.09. The average Bonchev–Trinajstić information content (AvgIpc) is 2.35. The highest BCUT2D eigenvalue weighted by Crippen LogP contribution is 2.22. The number of anilines is 1. The van der Waals surface area contributed by atoms with Gasteiger partial charge in [0.25, 0.3) is 0 Å². The van der Waals surface area contributed by atoms with Gasteiger partial charge in [-0.3, -0.25) is 4.79 Å². The molecule has 0 aromatic heterocycles. The van der Waals surface area contributed by atoms with Gasteiger partial charge in [-0.25, -0.2) is 0 Å². The number of amides is 1. The summed E-state index contributed by atoms with van der Waals surface area (Å²) < 4.78 is 41.0. The minimum atomic E-state index is -4.34. The molecule has 0 aliphatic rings. The standard InChI is InChI=1S/C12H13F3N2O2S/c13-12(14,15)6-5-11(18)17-8-1-3-9(4-2-8)19-7-10(16)20/h1-4H,5-7H2,(H2,16,20)(H,17,18). The molecular weight excluding hydrogens is 293 g/mol. The lowest BCUT2D eigenvalue weighted by molar-refractivity contribution is -0.142. The Bertz CT molecular complexity index is 475. The van der Waals surface area contributed by atoms with E-state index in [4.69, 9.17) is 10.5 Å². The lowest BCUT2D eigenvalue weighted by Crippen LogP contribution is -2.18. The Hall–Kier alpha value is -1.83. The van der Waals surface area contributed by atoms with Crippen LogP contribution < -0.4 is 15.8 Å². The molecule has 0 radical (unpaired) electrons. The van der Waals surface area contributed by atoms with Crippen LogP contribution in [0.5, 0.6) is 5.75 Å². The van der Waals surface area contributed by atoms with Crippen molar-refractivity contribution in [3.8, 4) is 5.75 Å². The number of carbonyl (C=O) groups excluding carboxylic acids is 1. The Balaban J connectivity index is 2.44. The molecule has 0 heterocycles. The van der Waals surface area contributed by atoms with Crippen LogP contribution in [0.3, 0.4) is 0 Å². The Morgan fingerprint density at radius 1 is 1.30 bits per heavy atom. The van der Waals surface area contributed by atoms with Crippen molar-refractivity contribution in [1.29, 1.82) is 0 Å². The number of ether oxygens (including phenoxy) is 1. The van der Waals surface area contributed by atoms with Crippen molar-refractivity contribution in [3.63, 3.8) is 0 Å². The summed E-state index contributed by atoms with van der Waals surface area (Å²) in [5.74, 6) is -0.204. The van der Waals surface area contributed by atoms with Crippen LogP contribution in [0.2, 0.25) is 0 Å². The summed E-state index contributed by atoms with van der Waals surface area (Å²) in [6.45, 7) is 0.0899. The van der Waals surface area contributed by atoms with Crippen LogP contribution in [0.15, 0.2) is 24.3 Å². The topological polar surface area (TPSA) is 64.3 Å². The van der Waals surface area contributed by atoms with E-state index in [2.05, 4.69) is 17.5 Å². The molecule has 4 nitrogen and oxygen atoms in total. The molecule has 8 heteroatoms. The molecule has 0 aliphatic carbocycles. The molecule has 0 fully saturated rings. The molecule has 0 unspecified atom stereocenters. The van der Waals surface area contributed by atoms with Crippen LogP contribution in [-0.2, 0) is 4.79 Å². The van der Waals surface area contributed by atoms with Crippen LogP contribution in [-0.4, -0.2) is 23.7 Å². The van der Waals surface area contributed by atoms with E-state index < -0.39 is 24.9 Å². The number of hydrogen-bond acceptors (Lipinski definition) is 3. The highest BCUT2D eigenvalue weighted by Gasteiger charge is 2.27. The van der Waals surface area contributed by atoms with E-state index in [9.17, 15) is 18.0 Å². The summed E-state index contributed by atoms with van der Waals surface area (Å²) >= 11 is 4.64. The maximum Gasteiger partial charge on any atom is 0.389 e. The number of carbonyl (C=O) groups is 1. The predicted octanol–water partition coefficient (Wildman–Crippen LogP) is 2.63. The molecule has 1 rings (SSSR count). The fraction of sp³-hybridized carbons (Fsp3) is 0.333. The fourth-order valence-electron chi connectivity index (χ4n) is 1.27. The molecule has 0 bridgehead atoms. The smallest absolute Gasteiger partial charge is 0.389 e. The molecule has 0 aliphatic heterocycles. The Labute approximate surface area is 119 Å². The van der Waals surface area contributed by atoms with Gasteiger partial charge in [0.2, 0.25) is 5.91 Å². The zero-order valence-electron chi connectivity index (χ0n) is 10.4. The van der Waals surface area contributed by atoms with E-state index in [1.54, 1.807) is 12.1 Å². The minimum absolute atomic E-state index is 0.0899. The Morgan fingerprint density at radius 2 is 1.90 bits per heavy atom. The van der Waals surface area contributed by atoms with Crippen LogP contribution >= 0.6 is 12.2 Å². The largest absolute Gasteiger partial charge is 0.487 e. The molecule has 110 valence electrons. The molecule has 0 spiro atoms. The van der Waals surface area contributed by atoms with E-state index in [-0.39, 0.29) is 11.6 Å². The quantitative estimate of drug-likeness (QED) is 0.793. The first-order valence-electron chi connectivity index (χ1n) is 5.64. The van der Waals surface area contributed by atoms with Gasteiger partial charge in [-0.1, -0.05) is 12.2 Å². The van der Waals surface area contributed by atoms with Crippen LogP contribution in [0.4, 0.5) is 18.9 Å². The van der Waals surface area contributed by atoms with E-state index in [0.29, 0.717) is 11.4 Å². The molecule has 0 atom stereocenters. The lowest BCUT2D eigenvalue weighted by atomic mass is 10.2. The SMILES string of the molecule is NC(=S)COc1ccc(NC(=O)CCC(F)(F)F)cc1. The van der Waals surface area contributed by atoms with Gasteiger partial charge < -0.3 is 15.8 Å². The summed E-state index contributed by atoms with van der Waals surface area (Å²) in [5, 5.41) is 2.36. The third-order valence-corrected chi connectivity index (χ3v) is 2.27. The van der Waals surface area contributed by atoms with E-state index in [0.717, 1.165) is 0 Å². The Kier molecular flexibility index (Phi) is 5.75. The van der Waals surface area contributed by atoms with Gasteiger partial charge >= 0.3 is 6.18 Å². The van der Waals surface area contributed by atoms with Gasteiger partial charge in [0, 0.05) is 12.1 Å². The third kappa shape index (κ3) is 6.93. The monoisotopic (exact) mass is 306 g/mol. The maximum atomic E-state index is 11.9. The number of rotatable bonds is 6. The van der Waals surface area contributed by atoms with Crippen molar-refractivity contribution in [2.24, 2.45) is 5.73 Å². The normalized spacial score (nSPS) is 10.9. The zero-order valence-corrected chi connectivity index (χ0v) is 11.2. The van der Waals surface area contributed by atoms with Gasteiger partial charge in [0.15, 0.2) is 0 Å². The molecule has 1 aromatic carbocycles. The number of hydrogen-bond donors (Lipinski definition) is 2. The molecule has 1 amide bonds. The molecule has 3 N–H and O–H groups in total. The average molecular weight is 306 g/mol.